The van der Waals surface area contributed by atoms with Crippen LogP contribution in [0.15, 0.2) is 36.9 Å². The van der Waals surface area contributed by atoms with Crippen LogP contribution in [0.3, 0.4) is 0 Å². The molecular formula is C16H15N7O3. The summed E-state index contributed by atoms with van der Waals surface area (Å²) in [6.45, 7) is 3.69. The summed E-state index contributed by atoms with van der Waals surface area (Å²) < 4.78 is 2.99. The number of aromatic nitrogens is 6. The third-order valence-corrected chi connectivity index (χ3v) is 3.40. The molecule has 0 radical (unpaired) electrons. The summed E-state index contributed by atoms with van der Waals surface area (Å²) in [6, 6.07) is 3.61. The summed E-state index contributed by atoms with van der Waals surface area (Å²) in [6.07, 6.45) is 5.77. The van der Waals surface area contributed by atoms with Gasteiger partial charge in [0.15, 0.2) is 11.3 Å². The molecule has 4 aromatic rings. The number of carbonyl (C=O) groups is 2. The predicted molar refractivity (Wildman–Crippen MR) is 90.9 cm³/mol. The molecule has 0 aliphatic heterocycles. The molecule has 0 saturated carbocycles. The van der Waals surface area contributed by atoms with Crippen molar-refractivity contribution in [1.82, 2.24) is 29.2 Å². The molecule has 0 saturated heterocycles. The second-order valence-electron chi connectivity index (χ2n) is 5.53. The minimum Gasteiger partial charge on any atom is -0.478 e. The minimum atomic E-state index is -0.998. The van der Waals surface area contributed by atoms with E-state index in [1.807, 2.05) is 19.9 Å². The number of fused-ring (bicyclic) bond motifs is 2. The lowest BCUT2D eigenvalue weighted by Gasteiger charge is -1.94. The molecule has 132 valence electrons. The third-order valence-electron chi connectivity index (χ3n) is 3.40. The molecular weight excluding hydrogens is 338 g/mol. The fourth-order valence-corrected chi connectivity index (χ4v) is 2.23. The van der Waals surface area contributed by atoms with Crippen LogP contribution in [-0.2, 0) is 0 Å². The number of primary amides is 1. The highest BCUT2D eigenvalue weighted by Gasteiger charge is 2.06. The molecule has 10 nitrogen and oxygen atoms in total. The van der Waals surface area contributed by atoms with Crippen LogP contribution in [0.2, 0.25) is 0 Å². The van der Waals surface area contributed by atoms with Crippen LogP contribution in [0, 0.1) is 13.8 Å². The van der Waals surface area contributed by atoms with Crippen LogP contribution in [0.1, 0.15) is 32.1 Å². The maximum atomic E-state index is 10.8. The van der Waals surface area contributed by atoms with E-state index in [0.29, 0.717) is 16.9 Å². The summed E-state index contributed by atoms with van der Waals surface area (Å²) in [5.74, 6) is -1.50. The van der Waals surface area contributed by atoms with E-state index in [2.05, 4.69) is 20.2 Å². The van der Waals surface area contributed by atoms with Crippen LogP contribution in [0.25, 0.3) is 11.3 Å². The Morgan fingerprint density at radius 2 is 1.38 bits per heavy atom. The highest BCUT2D eigenvalue weighted by molar-refractivity contribution is 5.92. The molecule has 1 amide bonds. The Labute approximate surface area is 146 Å². The number of hydrogen-bond donors (Lipinski definition) is 2. The Morgan fingerprint density at radius 1 is 0.923 bits per heavy atom. The van der Waals surface area contributed by atoms with E-state index in [1.54, 1.807) is 12.3 Å². The zero-order valence-electron chi connectivity index (χ0n) is 14.0. The van der Waals surface area contributed by atoms with Gasteiger partial charge in [0.05, 0.1) is 22.5 Å². The topological polar surface area (TPSA) is 141 Å². The molecule has 4 aromatic heterocycles. The summed E-state index contributed by atoms with van der Waals surface area (Å²) in [5.41, 5.74) is 8.62. The van der Waals surface area contributed by atoms with Crippen molar-refractivity contribution in [3.8, 4) is 0 Å². The quantitative estimate of drug-likeness (QED) is 0.544. The predicted octanol–water partition coefficient (Wildman–Crippen LogP) is 0.873. The van der Waals surface area contributed by atoms with Gasteiger partial charge >= 0.3 is 5.97 Å². The Balaban J connectivity index is 0.000000151. The molecule has 0 aliphatic carbocycles. The van der Waals surface area contributed by atoms with Crippen LogP contribution >= 0.6 is 0 Å². The monoisotopic (exact) mass is 353 g/mol. The van der Waals surface area contributed by atoms with E-state index < -0.39 is 11.9 Å². The van der Waals surface area contributed by atoms with E-state index >= 15 is 0 Å². The van der Waals surface area contributed by atoms with Gasteiger partial charge in [-0.2, -0.15) is 10.2 Å². The molecule has 26 heavy (non-hydrogen) atoms. The molecule has 0 bridgehead atoms. The molecule has 0 aliphatic rings. The van der Waals surface area contributed by atoms with Gasteiger partial charge in [-0.1, -0.05) is 0 Å². The van der Waals surface area contributed by atoms with E-state index in [4.69, 9.17) is 10.8 Å². The number of aromatic carboxylic acids is 1. The van der Waals surface area contributed by atoms with Gasteiger partial charge < -0.3 is 10.8 Å². The van der Waals surface area contributed by atoms with Crippen LogP contribution < -0.4 is 5.73 Å². The Bertz CT molecular complexity index is 1040. The number of aryl methyl sites for hydroxylation is 2. The van der Waals surface area contributed by atoms with Crippen molar-refractivity contribution in [2.75, 3.05) is 0 Å². The Kier molecular flexibility index (Phi) is 4.31. The number of nitrogens with zero attached hydrogens (tertiary/aromatic N) is 6. The maximum absolute atomic E-state index is 10.8. The first-order valence-electron chi connectivity index (χ1n) is 7.50. The summed E-state index contributed by atoms with van der Waals surface area (Å²) in [7, 11) is 0. The molecule has 0 fully saturated rings. The molecule has 0 unspecified atom stereocenters. The van der Waals surface area contributed by atoms with Gasteiger partial charge in [-0.25, -0.2) is 23.8 Å². The summed E-state index contributed by atoms with van der Waals surface area (Å²) in [5, 5.41) is 16.8. The van der Waals surface area contributed by atoms with Gasteiger partial charge in [0, 0.05) is 36.9 Å². The molecule has 4 heterocycles. The molecule has 3 N–H and O–H groups in total. The van der Waals surface area contributed by atoms with Gasteiger partial charge in [-0.3, -0.25) is 4.79 Å². The van der Waals surface area contributed by atoms with E-state index in [9.17, 15) is 9.59 Å². The van der Waals surface area contributed by atoms with Gasteiger partial charge in [0.25, 0.3) is 5.91 Å². The summed E-state index contributed by atoms with van der Waals surface area (Å²) >= 11 is 0. The SMILES string of the molecule is Cc1cc2ncc(C(=O)O)cn2n1.Cc1cc2ncc(C(N)=O)cn2n1. The molecule has 0 aromatic carbocycles. The number of nitrogens with two attached hydrogens (primary N) is 1. The second kappa shape index (κ2) is 6.59. The fourth-order valence-electron chi connectivity index (χ4n) is 2.23. The lowest BCUT2D eigenvalue weighted by atomic mass is 10.3. The number of carbonyl (C=O) groups excluding carboxylic acids is 1. The minimum absolute atomic E-state index is 0.135. The smallest absolute Gasteiger partial charge is 0.338 e. The van der Waals surface area contributed by atoms with Crippen molar-refractivity contribution in [3.63, 3.8) is 0 Å². The van der Waals surface area contributed by atoms with Crippen LogP contribution in [0.5, 0.6) is 0 Å². The summed E-state index contributed by atoms with van der Waals surface area (Å²) in [4.78, 5) is 29.3. The number of carboxylic acids is 1. The number of amides is 1. The normalized spacial score (nSPS) is 10.5. The fraction of sp³-hybridized carbons (Fsp3) is 0.125. The van der Waals surface area contributed by atoms with Crippen molar-refractivity contribution in [2.45, 2.75) is 13.8 Å². The Hall–Kier alpha value is -3.82. The first-order valence-corrected chi connectivity index (χ1v) is 7.50. The first kappa shape index (κ1) is 17.0. The van der Waals surface area contributed by atoms with Gasteiger partial charge in [-0.05, 0) is 13.8 Å². The van der Waals surface area contributed by atoms with Gasteiger partial charge in [0.1, 0.15) is 0 Å². The van der Waals surface area contributed by atoms with Crippen molar-refractivity contribution in [1.29, 1.82) is 0 Å². The van der Waals surface area contributed by atoms with Crippen LogP contribution in [-0.4, -0.2) is 46.2 Å². The second-order valence-corrected chi connectivity index (χ2v) is 5.53. The van der Waals surface area contributed by atoms with Crippen molar-refractivity contribution in [3.05, 3.63) is 59.4 Å². The van der Waals surface area contributed by atoms with E-state index in [0.717, 1.165) is 11.4 Å². The zero-order chi connectivity index (χ0) is 18.8. The molecule has 4 rings (SSSR count). The van der Waals surface area contributed by atoms with Gasteiger partial charge in [-0.15, -0.1) is 0 Å². The van der Waals surface area contributed by atoms with Crippen molar-refractivity contribution in [2.24, 2.45) is 5.73 Å². The largest absolute Gasteiger partial charge is 0.478 e. The first-order chi connectivity index (χ1) is 12.3. The number of hydrogen-bond acceptors (Lipinski definition) is 6. The average molecular weight is 353 g/mol. The van der Waals surface area contributed by atoms with Gasteiger partial charge in [0.2, 0.25) is 0 Å². The number of carboxylic acid groups (broad SMARTS) is 1. The van der Waals surface area contributed by atoms with Crippen molar-refractivity contribution < 1.29 is 14.7 Å². The van der Waals surface area contributed by atoms with E-state index in [-0.39, 0.29) is 5.56 Å². The average Bonchev–Trinajstić information content (AvgIpc) is 3.13. The molecule has 10 heteroatoms. The highest BCUT2D eigenvalue weighted by Crippen LogP contribution is 2.05. The standard InChI is InChI=1S/C8H8N4O.C8H7N3O2/c1-5-2-7-10-3-6(8(9)13)4-12(7)11-5;1-5-2-7-9-3-6(8(12)13)4-11(7)10-5/h2-4H,1H3,(H2,9,13);2-4H,1H3,(H,12,13). The van der Waals surface area contributed by atoms with Crippen LogP contribution in [0.4, 0.5) is 0 Å². The lowest BCUT2D eigenvalue weighted by Crippen LogP contribution is -2.12. The molecule has 0 atom stereocenters. The third kappa shape index (κ3) is 3.48. The highest BCUT2D eigenvalue weighted by atomic mass is 16.4. The zero-order valence-corrected chi connectivity index (χ0v) is 14.0. The van der Waals surface area contributed by atoms with Crippen molar-refractivity contribution >= 4 is 23.2 Å². The Morgan fingerprint density at radius 3 is 1.85 bits per heavy atom. The molecule has 0 spiro atoms. The number of rotatable bonds is 2. The lowest BCUT2D eigenvalue weighted by molar-refractivity contribution is 0.0695. The maximum Gasteiger partial charge on any atom is 0.338 e. The van der Waals surface area contributed by atoms with E-state index in [1.165, 1.54) is 27.6 Å².